The molecule has 1 aliphatic rings. The molecule has 5 rings (SSSR count). The van der Waals surface area contributed by atoms with Crippen LogP contribution in [0.3, 0.4) is 0 Å². The molecule has 0 amide bonds. The zero-order valence-corrected chi connectivity index (χ0v) is 21.1. The van der Waals surface area contributed by atoms with Gasteiger partial charge in [-0.3, -0.25) is 14.9 Å². The molecule has 0 atom stereocenters. The highest BCUT2D eigenvalue weighted by molar-refractivity contribution is 6.30. The van der Waals surface area contributed by atoms with Crippen LogP contribution in [0.15, 0.2) is 72.8 Å². The number of benzene rings is 3. The number of carbonyl (C=O) groups is 1. The highest BCUT2D eigenvalue weighted by Gasteiger charge is 2.38. The monoisotopic (exact) mass is 499 g/mol. The fourth-order valence-electron chi connectivity index (χ4n) is 4.92. The van der Waals surface area contributed by atoms with Gasteiger partial charge in [-0.2, -0.15) is 0 Å². The van der Waals surface area contributed by atoms with E-state index >= 15 is 0 Å². The Morgan fingerprint density at radius 1 is 0.944 bits per heavy atom. The highest BCUT2D eigenvalue weighted by Crippen LogP contribution is 2.47. The second kappa shape index (κ2) is 8.95. The number of anilines is 2. The number of aryl methyl sites for hydroxylation is 1. The molecular weight excluding hydrogens is 474 g/mol. The molecular formula is C29H26ClN3O3. The average Bonchev–Trinajstić information content (AvgIpc) is 3.13. The van der Waals surface area contributed by atoms with Crippen molar-refractivity contribution in [2.24, 2.45) is 5.41 Å². The van der Waals surface area contributed by atoms with Gasteiger partial charge < -0.3 is 9.88 Å². The molecule has 0 saturated heterocycles. The molecule has 1 N–H and O–H groups in total. The number of hydrogen-bond donors (Lipinski definition) is 1. The molecule has 0 spiro atoms. The summed E-state index contributed by atoms with van der Waals surface area (Å²) < 4.78 is 2.16. The molecule has 1 aromatic heterocycles. The van der Waals surface area contributed by atoms with Crippen molar-refractivity contribution in [3.05, 3.63) is 105 Å². The normalized spacial score (nSPS) is 14.4. The van der Waals surface area contributed by atoms with Crippen LogP contribution in [0.5, 0.6) is 0 Å². The molecule has 36 heavy (non-hydrogen) atoms. The maximum absolute atomic E-state index is 13.6. The first-order chi connectivity index (χ1) is 17.1. The Kier molecular flexibility index (Phi) is 5.92. The fraction of sp³-hybridized carbons (Fsp3) is 0.207. The van der Waals surface area contributed by atoms with Gasteiger partial charge in [-0.15, -0.1) is 0 Å². The minimum absolute atomic E-state index is 0.0119. The number of nitrogens with one attached hydrogen (secondary N) is 1. The zero-order valence-electron chi connectivity index (χ0n) is 20.3. The number of aromatic nitrogens is 1. The number of Topliss-reactive ketones (excluding diaryl/α,β-unsaturated/α-hetero) is 1. The Bertz CT molecular complexity index is 1470. The van der Waals surface area contributed by atoms with Gasteiger partial charge in [0, 0.05) is 46.2 Å². The maximum Gasteiger partial charge on any atom is 0.269 e. The number of rotatable bonds is 5. The number of halogens is 1. The lowest BCUT2D eigenvalue weighted by Crippen LogP contribution is -2.28. The Morgan fingerprint density at radius 2 is 1.58 bits per heavy atom. The van der Waals surface area contributed by atoms with Crippen molar-refractivity contribution >= 4 is 34.4 Å². The molecule has 0 aliphatic heterocycles. The summed E-state index contributed by atoms with van der Waals surface area (Å²) in [4.78, 5) is 24.3. The number of non-ortho nitro benzene ring substituents is 1. The van der Waals surface area contributed by atoms with E-state index in [1.807, 2.05) is 31.2 Å². The molecule has 0 unspecified atom stereocenters. The van der Waals surface area contributed by atoms with Crippen LogP contribution >= 0.6 is 11.6 Å². The molecule has 0 fully saturated rings. The van der Waals surface area contributed by atoms with Crippen LogP contribution in [-0.2, 0) is 6.42 Å². The molecule has 1 heterocycles. The predicted octanol–water partition coefficient (Wildman–Crippen LogP) is 7.91. The number of carbonyl (C=O) groups excluding carboxylic acids is 1. The number of fused-ring (bicyclic) bond motifs is 1. The molecule has 4 aromatic rings. The zero-order chi connectivity index (χ0) is 25.6. The standard InChI is InChI=1S/C29H26ClN3O3/c1-18-4-6-19(7-5-18)28-27(31-21-10-14-23(15-11-21)33(35)36)26-24(16-29(2,3)17-25(26)34)32(28)22-12-8-20(30)9-13-22/h4-15,31H,16-17H2,1-3H3. The lowest BCUT2D eigenvalue weighted by Gasteiger charge is -2.30. The Morgan fingerprint density at radius 3 is 2.19 bits per heavy atom. The summed E-state index contributed by atoms with van der Waals surface area (Å²) in [5.41, 5.74) is 6.67. The summed E-state index contributed by atoms with van der Waals surface area (Å²) in [5, 5.41) is 15.2. The van der Waals surface area contributed by atoms with Crippen molar-refractivity contribution in [3.8, 4) is 16.9 Å². The third-order valence-corrected chi connectivity index (χ3v) is 6.84. The van der Waals surface area contributed by atoms with Crippen LogP contribution in [0.4, 0.5) is 17.1 Å². The van der Waals surface area contributed by atoms with E-state index in [0.29, 0.717) is 28.4 Å². The Balaban J connectivity index is 1.79. The van der Waals surface area contributed by atoms with Crippen LogP contribution in [0.2, 0.25) is 5.02 Å². The smallest absolute Gasteiger partial charge is 0.269 e. The van der Waals surface area contributed by atoms with Crippen molar-refractivity contribution in [1.82, 2.24) is 4.57 Å². The van der Waals surface area contributed by atoms with Crippen LogP contribution < -0.4 is 5.32 Å². The van der Waals surface area contributed by atoms with Crippen molar-refractivity contribution < 1.29 is 9.72 Å². The molecule has 6 nitrogen and oxygen atoms in total. The van der Waals surface area contributed by atoms with Gasteiger partial charge in [-0.05, 0) is 55.2 Å². The number of ketones is 1. The van der Waals surface area contributed by atoms with E-state index in [1.165, 1.54) is 12.1 Å². The summed E-state index contributed by atoms with van der Waals surface area (Å²) in [7, 11) is 0. The second-order valence-corrected chi connectivity index (χ2v) is 10.5. The van der Waals surface area contributed by atoms with Gasteiger partial charge in [-0.25, -0.2) is 0 Å². The van der Waals surface area contributed by atoms with Gasteiger partial charge in [0.15, 0.2) is 5.78 Å². The Hall–Kier alpha value is -3.90. The SMILES string of the molecule is Cc1ccc(-c2c(Nc3ccc([N+](=O)[O-])cc3)c3c(n2-c2ccc(Cl)cc2)CC(C)(C)CC3=O)cc1. The molecule has 182 valence electrons. The van der Waals surface area contributed by atoms with E-state index in [-0.39, 0.29) is 16.9 Å². The lowest BCUT2D eigenvalue weighted by atomic mass is 9.76. The van der Waals surface area contributed by atoms with Crippen LogP contribution in [0.25, 0.3) is 16.9 Å². The summed E-state index contributed by atoms with van der Waals surface area (Å²) >= 11 is 6.21. The van der Waals surface area contributed by atoms with Gasteiger partial charge >= 0.3 is 0 Å². The van der Waals surface area contributed by atoms with E-state index in [1.54, 1.807) is 12.1 Å². The van der Waals surface area contributed by atoms with E-state index in [2.05, 4.69) is 48.0 Å². The quantitative estimate of drug-likeness (QED) is 0.223. The van der Waals surface area contributed by atoms with Crippen LogP contribution in [-0.4, -0.2) is 15.3 Å². The van der Waals surface area contributed by atoms with Crippen LogP contribution in [0.1, 0.15) is 41.9 Å². The molecule has 3 aromatic carbocycles. The first kappa shape index (κ1) is 23.8. The molecule has 0 bridgehead atoms. The van der Waals surface area contributed by atoms with E-state index in [0.717, 1.165) is 34.6 Å². The fourth-order valence-corrected chi connectivity index (χ4v) is 5.05. The summed E-state index contributed by atoms with van der Waals surface area (Å²) in [5.74, 6) is 0.0757. The molecule has 7 heteroatoms. The minimum atomic E-state index is -0.425. The average molecular weight is 500 g/mol. The largest absolute Gasteiger partial charge is 0.353 e. The predicted molar refractivity (Wildman–Crippen MR) is 144 cm³/mol. The van der Waals surface area contributed by atoms with Gasteiger partial charge in [0.05, 0.1) is 21.9 Å². The van der Waals surface area contributed by atoms with Crippen molar-refractivity contribution in [1.29, 1.82) is 0 Å². The number of nitrogens with zero attached hydrogens (tertiary/aromatic N) is 2. The Labute approximate surface area is 214 Å². The van der Waals surface area contributed by atoms with Gasteiger partial charge in [0.1, 0.15) is 0 Å². The highest BCUT2D eigenvalue weighted by atomic mass is 35.5. The lowest BCUT2D eigenvalue weighted by molar-refractivity contribution is -0.384. The summed E-state index contributed by atoms with van der Waals surface area (Å²) in [6.07, 6.45) is 1.16. The summed E-state index contributed by atoms with van der Waals surface area (Å²) in [6.45, 7) is 6.26. The minimum Gasteiger partial charge on any atom is -0.353 e. The van der Waals surface area contributed by atoms with Crippen molar-refractivity contribution in [2.45, 2.75) is 33.6 Å². The number of nitro groups is 1. The maximum atomic E-state index is 13.6. The van der Waals surface area contributed by atoms with Gasteiger partial charge in [-0.1, -0.05) is 55.3 Å². The third kappa shape index (κ3) is 4.40. The topological polar surface area (TPSA) is 77.2 Å². The van der Waals surface area contributed by atoms with Gasteiger partial charge in [0.2, 0.25) is 0 Å². The molecule has 1 aliphatic carbocycles. The third-order valence-electron chi connectivity index (χ3n) is 6.59. The summed E-state index contributed by atoms with van der Waals surface area (Å²) in [6, 6.07) is 22.1. The first-order valence-corrected chi connectivity index (χ1v) is 12.2. The van der Waals surface area contributed by atoms with E-state index in [4.69, 9.17) is 11.6 Å². The first-order valence-electron chi connectivity index (χ1n) is 11.8. The van der Waals surface area contributed by atoms with Crippen molar-refractivity contribution in [2.75, 3.05) is 5.32 Å². The van der Waals surface area contributed by atoms with Gasteiger partial charge in [0.25, 0.3) is 5.69 Å². The van der Waals surface area contributed by atoms with E-state index in [9.17, 15) is 14.9 Å². The molecule has 0 saturated carbocycles. The van der Waals surface area contributed by atoms with Crippen LogP contribution in [0, 0.1) is 22.5 Å². The second-order valence-electron chi connectivity index (χ2n) is 10.1. The molecule has 0 radical (unpaired) electrons. The number of nitro benzene ring substituents is 1. The van der Waals surface area contributed by atoms with E-state index < -0.39 is 4.92 Å². The van der Waals surface area contributed by atoms with Crippen molar-refractivity contribution in [3.63, 3.8) is 0 Å². The number of hydrogen-bond acceptors (Lipinski definition) is 4.